The van der Waals surface area contributed by atoms with Gasteiger partial charge in [-0.05, 0) is 25.0 Å². The van der Waals surface area contributed by atoms with Crippen LogP contribution in [0.2, 0.25) is 0 Å². The number of amides is 1. The maximum Gasteiger partial charge on any atom is 0.241 e. The number of carbonyl (C=O) groups excluding carboxylic acids is 1. The summed E-state index contributed by atoms with van der Waals surface area (Å²) >= 11 is 0. The number of hydrogen-bond donors (Lipinski definition) is 5. The molecular formula is C20H25FN8O. The number of nitrogens with zero attached hydrogens (tertiary/aromatic N) is 3. The van der Waals surface area contributed by atoms with Gasteiger partial charge in [-0.1, -0.05) is 12.8 Å². The molecule has 3 rings (SSSR count). The smallest absolute Gasteiger partial charge is 0.241 e. The Morgan fingerprint density at radius 2 is 2.07 bits per heavy atom. The van der Waals surface area contributed by atoms with E-state index in [0.717, 1.165) is 49.0 Å². The number of aromatic nitrogens is 3. The number of anilines is 1. The molecule has 0 bridgehead atoms. The van der Waals surface area contributed by atoms with Crippen LogP contribution in [0.1, 0.15) is 25.7 Å². The fraction of sp³-hybridized carbons (Fsp3) is 0.300. The van der Waals surface area contributed by atoms with E-state index in [-0.39, 0.29) is 17.9 Å². The van der Waals surface area contributed by atoms with Gasteiger partial charge in [-0.3, -0.25) is 14.9 Å². The van der Waals surface area contributed by atoms with Crippen molar-refractivity contribution in [3.05, 3.63) is 54.7 Å². The number of nitrogens with two attached hydrogens (primary N) is 2. The normalized spacial score (nSPS) is 20.3. The second-order valence-corrected chi connectivity index (χ2v) is 6.98. The van der Waals surface area contributed by atoms with E-state index in [1.165, 1.54) is 6.34 Å². The van der Waals surface area contributed by atoms with E-state index < -0.39 is 11.7 Å². The van der Waals surface area contributed by atoms with Gasteiger partial charge in [0.2, 0.25) is 5.91 Å². The first kappa shape index (κ1) is 21.2. The fourth-order valence-electron chi connectivity index (χ4n) is 3.17. The summed E-state index contributed by atoms with van der Waals surface area (Å²) in [5.74, 6) is -1.49. The lowest BCUT2D eigenvalue weighted by molar-refractivity contribution is -0.113. The lowest BCUT2D eigenvalue weighted by Gasteiger charge is -2.30. The van der Waals surface area contributed by atoms with E-state index in [1.54, 1.807) is 24.8 Å². The first-order chi connectivity index (χ1) is 14.5. The fourth-order valence-corrected chi connectivity index (χ4v) is 3.17. The summed E-state index contributed by atoms with van der Waals surface area (Å²) in [4.78, 5) is 19.3. The SMILES string of the molecule is NC(=O)/C=C/C(F)=C(\N=CNc1cncc(-c2cn[nH]c2)c1)N[C@@H]1CCCCC1N. The van der Waals surface area contributed by atoms with Gasteiger partial charge in [0.15, 0.2) is 11.6 Å². The Hall–Kier alpha value is -3.53. The molecule has 1 aliphatic rings. The van der Waals surface area contributed by atoms with Crippen molar-refractivity contribution in [1.29, 1.82) is 0 Å². The summed E-state index contributed by atoms with van der Waals surface area (Å²) in [5, 5.41) is 12.7. The van der Waals surface area contributed by atoms with Crippen molar-refractivity contribution in [2.75, 3.05) is 5.32 Å². The third-order valence-corrected chi connectivity index (χ3v) is 4.76. The number of rotatable bonds is 8. The van der Waals surface area contributed by atoms with Gasteiger partial charge in [-0.15, -0.1) is 0 Å². The molecule has 1 aliphatic carbocycles. The number of H-pyrrole nitrogens is 1. The summed E-state index contributed by atoms with van der Waals surface area (Å²) in [6, 6.07) is 1.66. The highest BCUT2D eigenvalue weighted by Gasteiger charge is 2.23. The molecule has 0 spiro atoms. The Morgan fingerprint density at radius 1 is 1.23 bits per heavy atom. The minimum absolute atomic E-state index is 0.0266. The lowest BCUT2D eigenvalue weighted by Crippen LogP contribution is -2.46. The zero-order valence-electron chi connectivity index (χ0n) is 16.4. The summed E-state index contributed by atoms with van der Waals surface area (Å²) in [7, 11) is 0. The van der Waals surface area contributed by atoms with Crippen molar-refractivity contribution >= 4 is 17.9 Å². The number of aliphatic imine (C=N–C) groups is 1. The first-order valence-electron chi connectivity index (χ1n) is 9.65. The molecule has 10 heteroatoms. The van der Waals surface area contributed by atoms with E-state index in [2.05, 4.69) is 30.8 Å². The average Bonchev–Trinajstić information content (AvgIpc) is 3.28. The Bertz CT molecular complexity index is 938. The molecular weight excluding hydrogens is 387 g/mol. The van der Waals surface area contributed by atoms with E-state index in [0.29, 0.717) is 5.69 Å². The molecule has 0 aliphatic heterocycles. The van der Waals surface area contributed by atoms with Crippen LogP contribution in [0.5, 0.6) is 0 Å². The molecule has 1 amide bonds. The summed E-state index contributed by atoms with van der Waals surface area (Å²) in [6.07, 6.45) is 13.8. The molecule has 0 radical (unpaired) electrons. The van der Waals surface area contributed by atoms with Crippen molar-refractivity contribution in [2.24, 2.45) is 16.5 Å². The predicted octanol–water partition coefficient (Wildman–Crippen LogP) is 1.95. The number of allylic oxidation sites excluding steroid dienone is 2. The second kappa shape index (κ2) is 10.3. The predicted molar refractivity (Wildman–Crippen MR) is 114 cm³/mol. The van der Waals surface area contributed by atoms with Crippen molar-refractivity contribution in [1.82, 2.24) is 20.5 Å². The van der Waals surface area contributed by atoms with Gasteiger partial charge in [-0.25, -0.2) is 9.38 Å². The van der Waals surface area contributed by atoms with Crippen LogP contribution < -0.4 is 22.1 Å². The van der Waals surface area contributed by atoms with E-state index in [1.807, 2.05) is 6.07 Å². The second-order valence-electron chi connectivity index (χ2n) is 6.98. The minimum atomic E-state index is -0.747. The molecule has 30 heavy (non-hydrogen) atoms. The molecule has 2 atom stereocenters. The Kier molecular flexibility index (Phi) is 7.28. The minimum Gasteiger partial charge on any atom is -0.366 e. The van der Waals surface area contributed by atoms with Crippen LogP contribution in [0, 0.1) is 0 Å². The number of aromatic amines is 1. The number of pyridine rings is 1. The van der Waals surface area contributed by atoms with Crippen molar-refractivity contribution in [3.63, 3.8) is 0 Å². The molecule has 158 valence electrons. The van der Waals surface area contributed by atoms with E-state index in [9.17, 15) is 9.18 Å². The highest BCUT2D eigenvalue weighted by molar-refractivity contribution is 5.86. The number of carbonyl (C=O) groups is 1. The van der Waals surface area contributed by atoms with E-state index >= 15 is 0 Å². The van der Waals surface area contributed by atoms with Crippen molar-refractivity contribution in [3.8, 4) is 11.1 Å². The molecule has 1 saturated carbocycles. The van der Waals surface area contributed by atoms with Gasteiger partial charge in [-0.2, -0.15) is 5.10 Å². The van der Waals surface area contributed by atoms with Gasteiger partial charge in [0.05, 0.1) is 24.4 Å². The summed E-state index contributed by atoms with van der Waals surface area (Å²) < 4.78 is 14.6. The molecule has 1 unspecified atom stereocenters. The Labute approximate surface area is 173 Å². The molecule has 2 aromatic rings. The zero-order valence-corrected chi connectivity index (χ0v) is 16.4. The number of hydrogen-bond acceptors (Lipinski definition) is 6. The van der Waals surface area contributed by atoms with Crippen LogP contribution in [0.4, 0.5) is 10.1 Å². The standard InChI is InChI=1S/C20H25FN8O/c21-16(5-6-19(23)30)20(29-18-4-2-1-3-17(18)22)26-12-25-15-7-13(8-24-11-15)14-9-27-28-10-14/h5-12,17-18,29H,1-4,22H2,(H2,23,30)(H,25,26)(H,27,28)/b6-5+,20-16-/t17?,18-/m1/s1. The maximum atomic E-state index is 14.6. The van der Waals surface area contributed by atoms with Gasteiger partial charge in [0.25, 0.3) is 0 Å². The number of nitrogens with one attached hydrogen (secondary N) is 3. The number of halogens is 1. The number of primary amides is 1. The molecule has 0 aromatic carbocycles. The van der Waals surface area contributed by atoms with Gasteiger partial charge < -0.3 is 22.1 Å². The van der Waals surface area contributed by atoms with Gasteiger partial charge in [0, 0.05) is 41.7 Å². The molecule has 7 N–H and O–H groups in total. The van der Waals surface area contributed by atoms with Gasteiger partial charge >= 0.3 is 0 Å². The van der Waals surface area contributed by atoms with Crippen LogP contribution in [0.3, 0.4) is 0 Å². The van der Waals surface area contributed by atoms with Crippen LogP contribution in [0.25, 0.3) is 11.1 Å². The Morgan fingerprint density at radius 3 is 2.80 bits per heavy atom. The van der Waals surface area contributed by atoms with Crippen molar-refractivity contribution < 1.29 is 9.18 Å². The Balaban J connectivity index is 1.75. The molecule has 9 nitrogen and oxygen atoms in total. The molecule has 2 heterocycles. The van der Waals surface area contributed by atoms with Crippen molar-refractivity contribution in [2.45, 2.75) is 37.8 Å². The van der Waals surface area contributed by atoms with Crippen LogP contribution in [-0.2, 0) is 4.79 Å². The lowest BCUT2D eigenvalue weighted by atomic mass is 9.91. The highest BCUT2D eigenvalue weighted by atomic mass is 19.1. The molecule has 2 aromatic heterocycles. The zero-order chi connectivity index (χ0) is 21.3. The third kappa shape index (κ3) is 5.98. The summed E-state index contributed by atoms with van der Waals surface area (Å²) in [5.41, 5.74) is 13.6. The third-order valence-electron chi connectivity index (χ3n) is 4.76. The average molecular weight is 412 g/mol. The highest BCUT2D eigenvalue weighted by Crippen LogP contribution is 2.21. The monoisotopic (exact) mass is 412 g/mol. The van der Waals surface area contributed by atoms with E-state index in [4.69, 9.17) is 11.5 Å². The quantitative estimate of drug-likeness (QED) is 0.194. The summed E-state index contributed by atoms with van der Waals surface area (Å²) in [6.45, 7) is 0. The van der Waals surface area contributed by atoms with Crippen LogP contribution >= 0.6 is 0 Å². The first-order valence-corrected chi connectivity index (χ1v) is 9.65. The van der Waals surface area contributed by atoms with Crippen LogP contribution in [0.15, 0.2) is 59.6 Å². The molecule has 1 fully saturated rings. The largest absolute Gasteiger partial charge is 0.366 e. The topological polar surface area (TPSA) is 147 Å². The maximum absolute atomic E-state index is 14.6. The van der Waals surface area contributed by atoms with Gasteiger partial charge in [0.1, 0.15) is 0 Å². The molecule has 0 saturated heterocycles. The van der Waals surface area contributed by atoms with Crippen LogP contribution in [-0.4, -0.2) is 39.5 Å².